The number of nitrogens with one attached hydrogen (secondary N) is 3. The first-order valence-corrected chi connectivity index (χ1v) is 28.0. The molecule has 7 atom stereocenters. The van der Waals surface area contributed by atoms with Gasteiger partial charge in [0.05, 0.1) is 17.4 Å². The molecule has 1 aromatic rings. The second-order valence-electron chi connectivity index (χ2n) is 22.7. The second kappa shape index (κ2) is 44.9. The summed E-state index contributed by atoms with van der Waals surface area (Å²) < 4.78 is 30.1. The summed E-state index contributed by atoms with van der Waals surface area (Å²) in [6.07, 6.45) is -2.14. The van der Waals surface area contributed by atoms with E-state index in [0.717, 1.165) is 6.42 Å². The van der Waals surface area contributed by atoms with Crippen LogP contribution in [0.15, 0.2) is 30.3 Å². The van der Waals surface area contributed by atoms with E-state index in [9.17, 15) is 47.9 Å². The summed E-state index contributed by atoms with van der Waals surface area (Å²) in [4.78, 5) is 113. The fraction of sp³-hybridized carbons (Fsp3) is 0.724. The van der Waals surface area contributed by atoms with Crippen molar-refractivity contribution < 1.29 is 96.8 Å². The Balaban J connectivity index is -0.00000105. The van der Waals surface area contributed by atoms with E-state index in [1.807, 2.05) is 41.5 Å². The third kappa shape index (κ3) is 47.0. The number of esters is 3. The average molecular weight is 1170 g/mol. The van der Waals surface area contributed by atoms with Crippen molar-refractivity contribution >= 4 is 60.1 Å². The number of nitrogens with two attached hydrogens (primary N) is 1. The monoisotopic (exact) mass is 1170 g/mol. The summed E-state index contributed by atoms with van der Waals surface area (Å²) in [5, 5.41) is 42.8. The second-order valence-corrected chi connectivity index (χ2v) is 22.7. The molecule has 9 N–H and O–H groups in total. The van der Waals surface area contributed by atoms with E-state index in [0.29, 0.717) is 55.0 Å². The zero-order valence-corrected chi connectivity index (χ0v) is 51.4. The highest BCUT2D eigenvalue weighted by atomic mass is 16.7. The molecule has 1 rings (SSSR count). The molecule has 1 aromatic carbocycles. The van der Waals surface area contributed by atoms with Gasteiger partial charge in [0.15, 0.2) is 0 Å². The predicted molar refractivity (Wildman–Crippen MR) is 305 cm³/mol. The fourth-order valence-corrected chi connectivity index (χ4v) is 7.54. The molecular formula is C58H100N4O20. The number of aliphatic carboxylic acids is 4. The number of hydrogen-bond donors (Lipinski definition) is 8. The molecule has 0 bridgehead atoms. The van der Waals surface area contributed by atoms with Crippen LogP contribution in [0, 0.1) is 65.1 Å². The number of rotatable bonds is 33. The van der Waals surface area contributed by atoms with Crippen molar-refractivity contribution in [3.8, 4) is 0 Å². The van der Waals surface area contributed by atoms with Gasteiger partial charge in [-0.05, 0) is 91.7 Å². The largest absolute Gasteiger partial charge is 0.481 e. The quantitative estimate of drug-likeness (QED) is 0.0184. The van der Waals surface area contributed by atoms with Crippen molar-refractivity contribution in [3.05, 3.63) is 35.9 Å². The lowest BCUT2D eigenvalue weighted by Gasteiger charge is -2.23. The van der Waals surface area contributed by atoms with Gasteiger partial charge >= 0.3 is 60.1 Å². The molecule has 24 heteroatoms. The third-order valence-electron chi connectivity index (χ3n) is 11.1. The van der Waals surface area contributed by atoms with E-state index < -0.39 is 78.9 Å². The Hall–Kier alpha value is -6.72. The molecule has 0 saturated carbocycles. The summed E-state index contributed by atoms with van der Waals surface area (Å²) in [5.41, 5.74) is 5.76. The van der Waals surface area contributed by atoms with Crippen molar-refractivity contribution in [2.45, 2.75) is 181 Å². The van der Waals surface area contributed by atoms with Crippen LogP contribution in [0.3, 0.4) is 0 Å². The van der Waals surface area contributed by atoms with Crippen LogP contribution in [-0.4, -0.2) is 126 Å². The molecule has 0 aromatic heterocycles. The highest BCUT2D eigenvalue weighted by molar-refractivity contribution is 5.89. The number of carboxylic acid groups (broad SMARTS) is 4. The number of amides is 3. The normalized spacial score (nSPS) is 13.4. The number of benzene rings is 1. The maximum Gasteiger partial charge on any atom is 0.410 e. The molecule has 0 aliphatic heterocycles. The van der Waals surface area contributed by atoms with Gasteiger partial charge in [-0.15, -0.1) is 0 Å². The Morgan fingerprint density at radius 2 is 0.720 bits per heavy atom. The van der Waals surface area contributed by atoms with Crippen LogP contribution in [0.5, 0.6) is 0 Å². The van der Waals surface area contributed by atoms with Gasteiger partial charge in [-0.25, -0.2) is 19.2 Å². The SMILES string of the molecule is CC(C)C[C@H](CN)CC(=O)O.CC(C)C[C@H](CNC(=O)OC(C)OC(=O)C(C)C)CC(=O)O.CC(C)C[C@H](CNC(=O)OC(C)OC(=O)c1ccccc1)CC(=O)O.CC(C)C[C@H](CNC(=O)OC(OC(=O)C(C)C)C(C)C)CC(=O)O. The Kier molecular flexibility index (Phi) is 43.5. The van der Waals surface area contributed by atoms with Gasteiger partial charge in [0.25, 0.3) is 6.29 Å². The Labute approximate surface area is 485 Å². The van der Waals surface area contributed by atoms with Gasteiger partial charge in [0, 0.05) is 65.1 Å². The molecule has 0 heterocycles. The van der Waals surface area contributed by atoms with Crippen molar-refractivity contribution in [1.82, 2.24) is 16.0 Å². The number of alkyl carbamates (subject to hydrolysis) is 3. The van der Waals surface area contributed by atoms with Crippen molar-refractivity contribution in [2.75, 3.05) is 26.2 Å². The lowest BCUT2D eigenvalue weighted by Crippen LogP contribution is -2.37. The summed E-state index contributed by atoms with van der Waals surface area (Å²) >= 11 is 0. The van der Waals surface area contributed by atoms with Gasteiger partial charge in [-0.1, -0.05) is 115 Å². The fourth-order valence-electron chi connectivity index (χ4n) is 7.54. The summed E-state index contributed by atoms with van der Waals surface area (Å²) in [6, 6.07) is 8.36. The highest BCUT2D eigenvalue weighted by Gasteiger charge is 2.26. The lowest BCUT2D eigenvalue weighted by atomic mass is 9.94. The first kappa shape index (κ1) is 79.5. The maximum atomic E-state index is 11.9. The van der Waals surface area contributed by atoms with Crippen molar-refractivity contribution in [3.63, 3.8) is 0 Å². The minimum Gasteiger partial charge on any atom is -0.481 e. The number of carbonyl (C=O) groups excluding carboxylic acids is 6. The maximum absolute atomic E-state index is 11.9. The molecule has 0 radical (unpaired) electrons. The zero-order valence-electron chi connectivity index (χ0n) is 51.4. The molecule has 472 valence electrons. The highest BCUT2D eigenvalue weighted by Crippen LogP contribution is 2.19. The molecule has 0 spiro atoms. The lowest BCUT2D eigenvalue weighted by molar-refractivity contribution is -0.178. The van der Waals surface area contributed by atoms with E-state index in [-0.39, 0.29) is 86.7 Å². The van der Waals surface area contributed by atoms with Crippen molar-refractivity contribution in [2.24, 2.45) is 70.8 Å². The van der Waals surface area contributed by atoms with Crippen LogP contribution in [0.4, 0.5) is 14.4 Å². The molecule has 3 amide bonds. The Bertz CT molecular complexity index is 2030. The molecular weight excluding hydrogens is 1070 g/mol. The van der Waals surface area contributed by atoms with Crippen LogP contribution < -0.4 is 21.7 Å². The minimum atomic E-state index is -1.06. The van der Waals surface area contributed by atoms with Gasteiger partial charge in [-0.3, -0.25) is 28.8 Å². The number of carbonyl (C=O) groups is 10. The number of ether oxygens (including phenoxy) is 6. The molecule has 24 nitrogen and oxygen atoms in total. The predicted octanol–water partition coefficient (Wildman–Crippen LogP) is 9.56. The van der Waals surface area contributed by atoms with Gasteiger partial charge in [0.1, 0.15) is 0 Å². The first-order chi connectivity index (χ1) is 38.0. The van der Waals surface area contributed by atoms with E-state index in [1.165, 1.54) is 13.8 Å². The zero-order chi connectivity index (χ0) is 63.8. The average Bonchev–Trinajstić information content (AvgIpc) is 3.33. The molecule has 0 fully saturated rings. The number of hydrogen-bond acceptors (Lipinski definition) is 17. The third-order valence-corrected chi connectivity index (χ3v) is 11.1. The molecule has 82 heavy (non-hydrogen) atoms. The van der Waals surface area contributed by atoms with Gasteiger partial charge < -0.3 is 70.5 Å². The standard InChI is InChI=1S/C18H25NO6.C17H31NO6.C15H27NO6.C8H17NO2/c1-12(2)9-14(10-16(20)21)11-19-18(23)25-13(3)24-17(22)15-7-5-4-6-8-15;1-10(2)7-13(8-14(19)20)9-18-17(22)24-16(12(5)6)23-15(21)11(3)4;1-9(2)6-12(7-13(17)18)8-16-15(20)22-11(5)21-14(19)10(3)4;1-6(2)3-7(5-9)4-8(10)11/h4-8,12-14H,9-11H2,1-3H3,(H,19,23)(H,20,21);10-13,16H,7-9H2,1-6H3,(H,18,22)(H,19,20);9-12H,6-8H2,1-5H3,(H,16,20)(H,17,18);6-7H,3-5,9H2,1-2H3,(H,10,11)/t13?,14-;13-,16?;11?,12-;7-/m0000/s1. The van der Waals surface area contributed by atoms with Crippen LogP contribution >= 0.6 is 0 Å². The van der Waals surface area contributed by atoms with Gasteiger partial charge in [-0.2, -0.15) is 0 Å². The van der Waals surface area contributed by atoms with E-state index >= 15 is 0 Å². The van der Waals surface area contributed by atoms with E-state index in [1.54, 1.807) is 71.9 Å². The molecule has 0 aliphatic carbocycles. The summed E-state index contributed by atoms with van der Waals surface area (Å²) in [6.45, 7) is 30.3. The topological polar surface area (TPSA) is 369 Å². The van der Waals surface area contributed by atoms with Crippen LogP contribution in [0.25, 0.3) is 0 Å². The molecule has 3 unspecified atom stereocenters. The summed E-state index contributed by atoms with van der Waals surface area (Å²) in [5.74, 6) is -4.66. The van der Waals surface area contributed by atoms with Crippen molar-refractivity contribution in [1.29, 1.82) is 0 Å². The van der Waals surface area contributed by atoms with E-state index in [4.69, 9.17) is 54.6 Å². The van der Waals surface area contributed by atoms with Crippen LogP contribution in [0.2, 0.25) is 0 Å². The number of carboxylic acids is 4. The van der Waals surface area contributed by atoms with Crippen LogP contribution in [-0.2, 0) is 57.2 Å². The minimum absolute atomic E-state index is 0.0175. The molecule has 0 aliphatic rings. The van der Waals surface area contributed by atoms with Crippen LogP contribution in [0.1, 0.15) is 173 Å². The Morgan fingerprint density at radius 3 is 1.02 bits per heavy atom. The van der Waals surface area contributed by atoms with E-state index in [2.05, 4.69) is 29.8 Å². The first-order valence-electron chi connectivity index (χ1n) is 28.0. The smallest absolute Gasteiger partial charge is 0.410 e. The summed E-state index contributed by atoms with van der Waals surface area (Å²) in [7, 11) is 0. The molecule has 0 saturated heterocycles. The Morgan fingerprint density at radius 1 is 0.415 bits per heavy atom. The van der Waals surface area contributed by atoms with Gasteiger partial charge in [0.2, 0.25) is 12.6 Å².